The summed E-state index contributed by atoms with van der Waals surface area (Å²) in [5, 5.41) is 4.05. The number of rotatable bonds is 5. The summed E-state index contributed by atoms with van der Waals surface area (Å²) in [6.07, 6.45) is 4.07. The molecular weight excluding hydrogens is 302 g/mol. The van der Waals surface area contributed by atoms with E-state index in [2.05, 4.69) is 21.4 Å². The van der Waals surface area contributed by atoms with Gasteiger partial charge in [0, 0.05) is 44.4 Å². The molecule has 6 heteroatoms. The van der Waals surface area contributed by atoms with Gasteiger partial charge >= 0.3 is 0 Å². The van der Waals surface area contributed by atoms with Crippen LogP contribution in [0.5, 0.6) is 0 Å². The summed E-state index contributed by atoms with van der Waals surface area (Å²) in [6, 6.07) is 9.91. The molecular formula is C18H21N5O. The lowest BCUT2D eigenvalue weighted by molar-refractivity contribution is -0.120. The lowest BCUT2D eigenvalue weighted by Gasteiger charge is -2.11. The van der Waals surface area contributed by atoms with E-state index in [1.54, 1.807) is 6.20 Å². The minimum Gasteiger partial charge on any atom is -0.350 e. The molecule has 1 N–H and O–H groups in total. The van der Waals surface area contributed by atoms with Gasteiger partial charge in [-0.2, -0.15) is 0 Å². The number of aryl methyl sites for hydroxylation is 1. The first-order valence-electron chi connectivity index (χ1n) is 7.83. The molecule has 0 fully saturated rings. The number of hydrogen-bond donors (Lipinski definition) is 1. The molecule has 2 heterocycles. The zero-order chi connectivity index (χ0) is 17.1. The quantitative estimate of drug-likeness (QED) is 0.779. The molecule has 3 rings (SSSR count). The van der Waals surface area contributed by atoms with Gasteiger partial charge in [-0.15, -0.1) is 0 Å². The molecule has 124 valence electrons. The predicted molar refractivity (Wildman–Crippen MR) is 94.8 cm³/mol. The Kier molecular flexibility index (Phi) is 4.46. The highest BCUT2D eigenvalue weighted by Crippen LogP contribution is 2.20. The van der Waals surface area contributed by atoms with Crippen LogP contribution in [-0.4, -0.2) is 34.5 Å². The highest BCUT2D eigenvalue weighted by Gasteiger charge is 2.10. The first-order valence-corrected chi connectivity index (χ1v) is 7.83. The van der Waals surface area contributed by atoms with Gasteiger partial charge < -0.3 is 14.8 Å². The first kappa shape index (κ1) is 16.0. The summed E-state index contributed by atoms with van der Waals surface area (Å²) in [6.45, 7) is 0.396. The van der Waals surface area contributed by atoms with Gasteiger partial charge in [0.1, 0.15) is 0 Å². The summed E-state index contributed by atoms with van der Waals surface area (Å²) in [4.78, 5) is 22.7. The molecule has 0 saturated heterocycles. The van der Waals surface area contributed by atoms with Gasteiger partial charge in [-0.3, -0.25) is 4.79 Å². The Balaban J connectivity index is 1.66. The van der Waals surface area contributed by atoms with Gasteiger partial charge in [0.15, 0.2) is 0 Å². The number of hydrogen-bond acceptors (Lipinski definition) is 4. The normalized spacial score (nSPS) is 10.8. The molecule has 6 nitrogen and oxygen atoms in total. The molecule has 0 aliphatic rings. The van der Waals surface area contributed by atoms with Crippen LogP contribution in [0.25, 0.3) is 10.9 Å². The second-order valence-corrected chi connectivity index (χ2v) is 5.98. The molecule has 0 radical (unpaired) electrons. The van der Waals surface area contributed by atoms with Crippen molar-refractivity contribution in [1.82, 2.24) is 19.9 Å². The number of carbonyl (C=O) groups excluding carboxylic acids is 1. The molecule has 2 aromatic heterocycles. The highest BCUT2D eigenvalue weighted by molar-refractivity contribution is 5.89. The fourth-order valence-electron chi connectivity index (χ4n) is 2.69. The van der Waals surface area contributed by atoms with E-state index in [9.17, 15) is 4.79 Å². The number of anilines is 1. The van der Waals surface area contributed by atoms with Crippen molar-refractivity contribution in [3.8, 4) is 0 Å². The number of nitrogens with zero attached hydrogens (tertiary/aromatic N) is 4. The summed E-state index contributed by atoms with van der Waals surface area (Å²) in [5.74, 6) is 0.618. The van der Waals surface area contributed by atoms with Crippen LogP contribution in [0, 0.1) is 0 Å². The maximum Gasteiger partial charge on any atom is 0.225 e. The SMILES string of the molecule is CN(C)c1nccc(CNC(=O)Cc2cn(C)c3ccccc23)n1. The third-order valence-corrected chi connectivity index (χ3v) is 3.90. The Bertz CT molecular complexity index is 869. The van der Waals surface area contributed by atoms with Crippen LogP contribution in [0.4, 0.5) is 5.95 Å². The summed E-state index contributed by atoms with van der Waals surface area (Å²) < 4.78 is 2.05. The number of fused-ring (bicyclic) bond motifs is 1. The number of benzene rings is 1. The van der Waals surface area contributed by atoms with Crippen LogP contribution in [-0.2, 0) is 24.8 Å². The van der Waals surface area contributed by atoms with Gasteiger partial charge in [0.25, 0.3) is 0 Å². The largest absolute Gasteiger partial charge is 0.350 e. The van der Waals surface area contributed by atoms with E-state index in [4.69, 9.17) is 0 Å². The van der Waals surface area contributed by atoms with Crippen molar-refractivity contribution in [2.24, 2.45) is 7.05 Å². The Morgan fingerprint density at radius 1 is 1.25 bits per heavy atom. The summed E-state index contributed by atoms with van der Waals surface area (Å²) in [5.41, 5.74) is 2.95. The topological polar surface area (TPSA) is 63.1 Å². The summed E-state index contributed by atoms with van der Waals surface area (Å²) in [7, 11) is 5.77. The second kappa shape index (κ2) is 6.70. The van der Waals surface area contributed by atoms with Crippen molar-refractivity contribution in [3.63, 3.8) is 0 Å². The van der Waals surface area contributed by atoms with Crippen LogP contribution >= 0.6 is 0 Å². The van der Waals surface area contributed by atoms with Gasteiger partial charge in [-0.25, -0.2) is 9.97 Å². The standard InChI is InChI=1S/C18H21N5O/c1-22(2)18-19-9-8-14(21-18)11-20-17(24)10-13-12-23(3)16-7-5-4-6-15(13)16/h4-9,12H,10-11H2,1-3H3,(H,20,24). The fourth-order valence-corrected chi connectivity index (χ4v) is 2.69. The average molecular weight is 323 g/mol. The Labute approximate surface area is 141 Å². The third-order valence-electron chi connectivity index (χ3n) is 3.90. The van der Waals surface area contributed by atoms with E-state index in [0.29, 0.717) is 18.9 Å². The molecule has 1 amide bonds. The minimum absolute atomic E-state index is 0.0173. The monoisotopic (exact) mass is 323 g/mol. The van der Waals surface area contributed by atoms with Crippen LogP contribution < -0.4 is 10.2 Å². The van der Waals surface area contributed by atoms with Crippen molar-refractivity contribution in [2.75, 3.05) is 19.0 Å². The van der Waals surface area contributed by atoms with Crippen molar-refractivity contribution in [3.05, 3.63) is 54.0 Å². The Morgan fingerprint density at radius 2 is 2.04 bits per heavy atom. The minimum atomic E-state index is -0.0173. The average Bonchev–Trinajstić information content (AvgIpc) is 2.90. The number of carbonyl (C=O) groups is 1. The van der Waals surface area contributed by atoms with Gasteiger partial charge in [0.2, 0.25) is 11.9 Å². The van der Waals surface area contributed by atoms with E-state index in [0.717, 1.165) is 22.2 Å². The fraction of sp³-hybridized carbons (Fsp3) is 0.278. The van der Waals surface area contributed by atoms with Crippen LogP contribution in [0.3, 0.4) is 0 Å². The van der Waals surface area contributed by atoms with Crippen molar-refractivity contribution in [2.45, 2.75) is 13.0 Å². The number of aromatic nitrogens is 3. The van der Waals surface area contributed by atoms with E-state index in [-0.39, 0.29) is 5.91 Å². The lowest BCUT2D eigenvalue weighted by atomic mass is 10.1. The number of amides is 1. The second-order valence-electron chi connectivity index (χ2n) is 5.98. The van der Waals surface area contributed by atoms with Crippen LogP contribution in [0.1, 0.15) is 11.3 Å². The Morgan fingerprint density at radius 3 is 2.83 bits per heavy atom. The number of nitrogens with one attached hydrogen (secondary N) is 1. The maximum atomic E-state index is 12.3. The molecule has 0 aliphatic carbocycles. The number of para-hydroxylation sites is 1. The van der Waals surface area contributed by atoms with Crippen molar-refractivity contribution < 1.29 is 4.79 Å². The van der Waals surface area contributed by atoms with E-state index in [1.165, 1.54) is 0 Å². The maximum absolute atomic E-state index is 12.3. The molecule has 24 heavy (non-hydrogen) atoms. The van der Waals surface area contributed by atoms with E-state index >= 15 is 0 Å². The lowest BCUT2D eigenvalue weighted by Crippen LogP contribution is -2.25. The molecule has 0 aliphatic heterocycles. The van der Waals surface area contributed by atoms with Crippen molar-refractivity contribution >= 4 is 22.8 Å². The Hall–Kier alpha value is -2.89. The molecule has 0 atom stereocenters. The zero-order valence-corrected chi connectivity index (χ0v) is 14.2. The van der Waals surface area contributed by atoms with Crippen LogP contribution in [0.2, 0.25) is 0 Å². The van der Waals surface area contributed by atoms with Crippen LogP contribution in [0.15, 0.2) is 42.7 Å². The zero-order valence-electron chi connectivity index (χ0n) is 14.2. The van der Waals surface area contributed by atoms with E-state index < -0.39 is 0 Å². The van der Waals surface area contributed by atoms with Gasteiger partial charge in [0.05, 0.1) is 18.7 Å². The molecule has 0 unspecified atom stereocenters. The van der Waals surface area contributed by atoms with Gasteiger partial charge in [-0.05, 0) is 17.7 Å². The van der Waals surface area contributed by atoms with E-state index in [1.807, 2.05) is 61.1 Å². The summed E-state index contributed by atoms with van der Waals surface area (Å²) >= 11 is 0. The molecule has 0 saturated carbocycles. The third kappa shape index (κ3) is 3.37. The molecule has 0 bridgehead atoms. The molecule has 0 spiro atoms. The smallest absolute Gasteiger partial charge is 0.225 e. The molecule has 1 aromatic carbocycles. The van der Waals surface area contributed by atoms with Gasteiger partial charge in [-0.1, -0.05) is 18.2 Å². The highest BCUT2D eigenvalue weighted by atomic mass is 16.1. The molecule has 3 aromatic rings. The predicted octanol–water partition coefficient (Wildman–Crippen LogP) is 1.89. The van der Waals surface area contributed by atoms with Crippen molar-refractivity contribution in [1.29, 1.82) is 0 Å². The first-order chi connectivity index (χ1) is 11.5.